The predicted molar refractivity (Wildman–Crippen MR) is 132 cm³/mol. The number of hydrogen-bond acceptors (Lipinski definition) is 6. The van der Waals surface area contributed by atoms with E-state index in [0.29, 0.717) is 5.56 Å². The Morgan fingerprint density at radius 1 is 0.897 bits per heavy atom. The van der Waals surface area contributed by atoms with E-state index in [4.69, 9.17) is 0 Å². The third-order valence-corrected chi connectivity index (χ3v) is 7.52. The molecule has 196 valence electrons. The fourth-order valence-electron chi connectivity index (χ4n) is 5.85. The van der Waals surface area contributed by atoms with Crippen molar-refractivity contribution in [2.45, 2.75) is 18.3 Å². The zero-order valence-corrected chi connectivity index (χ0v) is 19.9. The van der Waals surface area contributed by atoms with Crippen molar-refractivity contribution in [1.82, 2.24) is 4.90 Å². The van der Waals surface area contributed by atoms with Crippen molar-refractivity contribution in [3.8, 4) is 0 Å². The van der Waals surface area contributed by atoms with Crippen molar-refractivity contribution in [2.75, 3.05) is 4.90 Å². The maximum Gasteiger partial charge on any atom is 0.416 e. The molecule has 3 aromatic carbocycles. The molecule has 2 amide bonds. The number of benzene rings is 3. The monoisotopic (exact) mass is 533 g/mol. The molecule has 0 bridgehead atoms. The molecule has 0 radical (unpaired) electrons. The standard InChI is InChI=1S/C28H18F3N3O5/c29-28(30,31)17-5-3-6-19(14-17)33-26(36)21-22(27(33)37)24(25(35)16-8-10-18(11-9-16)34(38)39)32-13-12-15-4-1-2-7-20(15)23(21)32/h1-14,21-24H/t21-,22+,23?,24-/m0/s1. The van der Waals surface area contributed by atoms with Crippen LogP contribution >= 0.6 is 0 Å². The minimum atomic E-state index is -4.68. The summed E-state index contributed by atoms with van der Waals surface area (Å²) in [5.74, 6) is -4.22. The molecular weight excluding hydrogens is 515 g/mol. The van der Waals surface area contributed by atoms with E-state index in [1.54, 1.807) is 35.4 Å². The predicted octanol–water partition coefficient (Wildman–Crippen LogP) is 5.01. The van der Waals surface area contributed by atoms with Crippen LogP contribution in [0.4, 0.5) is 24.5 Å². The molecule has 2 saturated heterocycles. The van der Waals surface area contributed by atoms with E-state index in [1.165, 1.54) is 30.3 Å². The molecule has 0 saturated carbocycles. The molecule has 0 aliphatic carbocycles. The van der Waals surface area contributed by atoms with Gasteiger partial charge in [0.15, 0.2) is 5.78 Å². The number of non-ortho nitro benzene ring substituents is 1. The minimum absolute atomic E-state index is 0.107. The molecule has 0 spiro atoms. The molecule has 0 aromatic heterocycles. The highest BCUT2D eigenvalue weighted by Crippen LogP contribution is 2.54. The lowest BCUT2D eigenvalue weighted by atomic mass is 9.83. The molecule has 3 aliphatic heterocycles. The molecule has 0 N–H and O–H groups in total. The van der Waals surface area contributed by atoms with Gasteiger partial charge in [-0.15, -0.1) is 0 Å². The Balaban J connectivity index is 1.46. The minimum Gasteiger partial charge on any atom is -0.358 e. The van der Waals surface area contributed by atoms with Crippen molar-refractivity contribution in [3.63, 3.8) is 0 Å². The normalized spacial score (nSPS) is 23.5. The number of nitrogens with zero attached hydrogens (tertiary/aromatic N) is 3. The second-order valence-electron chi connectivity index (χ2n) is 9.56. The third-order valence-electron chi connectivity index (χ3n) is 7.52. The van der Waals surface area contributed by atoms with E-state index in [1.807, 2.05) is 6.07 Å². The second kappa shape index (κ2) is 8.62. The maximum absolute atomic E-state index is 13.8. The van der Waals surface area contributed by atoms with Crippen LogP contribution in [0.15, 0.2) is 79.0 Å². The van der Waals surface area contributed by atoms with E-state index >= 15 is 0 Å². The molecule has 8 nitrogen and oxygen atoms in total. The van der Waals surface area contributed by atoms with Crippen LogP contribution in [0.1, 0.15) is 33.1 Å². The number of alkyl halides is 3. The van der Waals surface area contributed by atoms with Gasteiger partial charge >= 0.3 is 6.18 Å². The number of ketones is 1. The van der Waals surface area contributed by atoms with Gasteiger partial charge in [-0.05, 0) is 47.5 Å². The summed E-state index contributed by atoms with van der Waals surface area (Å²) in [5, 5.41) is 11.1. The Morgan fingerprint density at radius 2 is 1.59 bits per heavy atom. The average Bonchev–Trinajstić information content (AvgIpc) is 3.40. The number of hydrogen-bond donors (Lipinski definition) is 0. The smallest absolute Gasteiger partial charge is 0.358 e. The summed E-state index contributed by atoms with van der Waals surface area (Å²) in [6.45, 7) is 0. The number of carbonyl (C=O) groups is 3. The summed E-state index contributed by atoms with van der Waals surface area (Å²) < 4.78 is 40.2. The van der Waals surface area contributed by atoms with Crippen LogP contribution in [0.3, 0.4) is 0 Å². The Labute approximate surface area is 219 Å². The van der Waals surface area contributed by atoms with E-state index in [9.17, 15) is 37.7 Å². The van der Waals surface area contributed by atoms with E-state index < -0.39 is 58.2 Å². The van der Waals surface area contributed by atoms with Crippen LogP contribution in [-0.2, 0) is 15.8 Å². The van der Waals surface area contributed by atoms with Gasteiger partial charge in [0, 0.05) is 23.9 Å². The Hall–Kier alpha value is -4.80. The summed E-state index contributed by atoms with van der Waals surface area (Å²) in [4.78, 5) is 54.4. The molecule has 6 rings (SSSR count). The fraction of sp³-hybridized carbons (Fsp3) is 0.179. The Morgan fingerprint density at radius 3 is 2.28 bits per heavy atom. The van der Waals surface area contributed by atoms with Gasteiger partial charge in [-0.1, -0.05) is 30.3 Å². The van der Waals surface area contributed by atoms with Crippen molar-refractivity contribution in [3.05, 3.63) is 111 Å². The van der Waals surface area contributed by atoms with E-state index in [-0.39, 0.29) is 16.9 Å². The van der Waals surface area contributed by atoms with Crippen molar-refractivity contribution < 1.29 is 32.5 Å². The highest BCUT2D eigenvalue weighted by molar-refractivity contribution is 6.24. The first-order valence-corrected chi connectivity index (χ1v) is 12.0. The number of carbonyl (C=O) groups excluding carboxylic acids is 3. The molecular formula is C28H18F3N3O5. The number of nitro benzene ring substituents is 1. The van der Waals surface area contributed by atoms with E-state index in [0.717, 1.165) is 28.7 Å². The van der Waals surface area contributed by atoms with Crippen LogP contribution in [0.25, 0.3) is 6.08 Å². The first-order chi connectivity index (χ1) is 18.6. The van der Waals surface area contributed by atoms with Crippen molar-refractivity contribution >= 4 is 35.0 Å². The van der Waals surface area contributed by atoms with Gasteiger partial charge in [-0.25, -0.2) is 4.90 Å². The molecule has 2 fully saturated rings. The Kier molecular flexibility index (Phi) is 5.42. The van der Waals surface area contributed by atoms with Gasteiger partial charge in [-0.3, -0.25) is 24.5 Å². The summed E-state index contributed by atoms with van der Waals surface area (Å²) in [7, 11) is 0. The maximum atomic E-state index is 13.8. The van der Waals surface area contributed by atoms with Crippen LogP contribution in [0, 0.1) is 22.0 Å². The largest absolute Gasteiger partial charge is 0.416 e. The number of imide groups is 1. The fourth-order valence-corrected chi connectivity index (χ4v) is 5.85. The first-order valence-electron chi connectivity index (χ1n) is 12.0. The van der Waals surface area contributed by atoms with Crippen LogP contribution < -0.4 is 4.90 Å². The zero-order valence-electron chi connectivity index (χ0n) is 19.9. The van der Waals surface area contributed by atoms with Crippen LogP contribution in [0.2, 0.25) is 0 Å². The summed E-state index contributed by atoms with van der Waals surface area (Å²) >= 11 is 0. The van der Waals surface area contributed by atoms with Crippen LogP contribution in [-0.4, -0.2) is 33.5 Å². The number of fused-ring (bicyclic) bond motifs is 5. The topological polar surface area (TPSA) is 101 Å². The van der Waals surface area contributed by atoms with Crippen molar-refractivity contribution in [1.29, 1.82) is 0 Å². The molecule has 39 heavy (non-hydrogen) atoms. The number of amides is 2. The van der Waals surface area contributed by atoms with Gasteiger partial charge in [0.05, 0.1) is 34.1 Å². The number of halogens is 3. The summed E-state index contributed by atoms with van der Waals surface area (Å²) in [5.41, 5.74) is 0.156. The molecule has 11 heteroatoms. The summed E-state index contributed by atoms with van der Waals surface area (Å²) in [6.07, 6.45) is -1.27. The van der Waals surface area contributed by atoms with Crippen LogP contribution in [0.5, 0.6) is 0 Å². The van der Waals surface area contributed by atoms with E-state index in [2.05, 4.69) is 0 Å². The lowest BCUT2D eigenvalue weighted by Gasteiger charge is -2.35. The summed E-state index contributed by atoms with van der Waals surface area (Å²) in [6, 6.07) is 14.2. The average molecular weight is 533 g/mol. The molecule has 3 heterocycles. The number of rotatable bonds is 4. The lowest BCUT2D eigenvalue weighted by Crippen LogP contribution is -2.44. The van der Waals surface area contributed by atoms with Gasteiger partial charge in [0.1, 0.15) is 6.04 Å². The number of Topliss-reactive ketones (excluding diaryl/α,β-unsaturated/α-hetero) is 1. The van der Waals surface area contributed by atoms with Gasteiger partial charge in [-0.2, -0.15) is 13.2 Å². The molecule has 4 atom stereocenters. The van der Waals surface area contributed by atoms with Crippen molar-refractivity contribution in [2.24, 2.45) is 11.8 Å². The third kappa shape index (κ3) is 3.72. The quantitative estimate of drug-likeness (QED) is 0.202. The zero-order chi connectivity index (χ0) is 27.6. The van der Waals surface area contributed by atoms with Gasteiger partial charge in [0.2, 0.25) is 11.8 Å². The lowest BCUT2D eigenvalue weighted by molar-refractivity contribution is -0.384. The number of anilines is 1. The van der Waals surface area contributed by atoms with Gasteiger partial charge < -0.3 is 4.90 Å². The molecule has 3 aliphatic rings. The number of nitro groups is 1. The first kappa shape index (κ1) is 24.5. The highest BCUT2D eigenvalue weighted by atomic mass is 19.4. The second-order valence-corrected chi connectivity index (χ2v) is 9.56. The molecule has 1 unspecified atom stereocenters. The SMILES string of the molecule is O=C(c1ccc([N+](=O)[O-])cc1)[C@@H]1[C@@H]2C(=O)N(c3cccc(C(F)(F)F)c3)C(=O)[C@@H]2C2c3ccccc3C=CN21. The highest BCUT2D eigenvalue weighted by Gasteiger charge is 2.64. The Bertz CT molecular complexity index is 1580. The molecule has 3 aromatic rings. The van der Waals surface area contributed by atoms with Gasteiger partial charge in [0.25, 0.3) is 5.69 Å².